The summed E-state index contributed by atoms with van der Waals surface area (Å²) in [5.41, 5.74) is 0.511. The lowest BCUT2D eigenvalue weighted by atomic mass is 9.72. The minimum Gasteiger partial charge on any atom is -0.480 e. The fraction of sp³-hybridized carbons (Fsp3) is 0.429. The van der Waals surface area contributed by atoms with E-state index in [0.29, 0.717) is 17.5 Å². The standard InChI is InChI=1S/C28H29N3O4/c29-16-19-11-13-21(14-12-19)24-22-23(26(33)31(25(22)32)17-20-9-5-2-6-10-20)28(30-24,27(34)35)15-18-7-3-1-4-8-18/h2,5-6,9-14,18,22-24,30H,1,3-4,7-8,15,17H2,(H,34,35). The second-order valence-corrected chi connectivity index (χ2v) is 10.1. The topological polar surface area (TPSA) is 110 Å². The summed E-state index contributed by atoms with van der Waals surface area (Å²) in [5.74, 6) is -3.41. The molecular formula is C28H29N3O4. The van der Waals surface area contributed by atoms with Crippen molar-refractivity contribution in [2.24, 2.45) is 17.8 Å². The van der Waals surface area contributed by atoms with E-state index in [9.17, 15) is 24.8 Å². The van der Waals surface area contributed by atoms with Crippen LogP contribution in [0.2, 0.25) is 0 Å². The van der Waals surface area contributed by atoms with Crippen molar-refractivity contribution >= 4 is 17.8 Å². The van der Waals surface area contributed by atoms with Crippen LogP contribution in [0, 0.1) is 29.1 Å². The number of imide groups is 1. The molecule has 3 aliphatic rings. The number of carbonyl (C=O) groups excluding carboxylic acids is 2. The van der Waals surface area contributed by atoms with Crippen molar-refractivity contribution in [2.75, 3.05) is 0 Å². The van der Waals surface area contributed by atoms with Crippen LogP contribution in [-0.2, 0) is 20.9 Å². The van der Waals surface area contributed by atoms with E-state index in [1.54, 1.807) is 24.3 Å². The fourth-order valence-corrected chi connectivity index (χ4v) is 6.35. The van der Waals surface area contributed by atoms with Gasteiger partial charge in [0.1, 0.15) is 5.54 Å². The summed E-state index contributed by atoms with van der Waals surface area (Å²) >= 11 is 0. The normalized spacial score (nSPS) is 28.7. The van der Waals surface area contributed by atoms with Crippen LogP contribution in [0.3, 0.4) is 0 Å². The van der Waals surface area contributed by atoms with Crippen LogP contribution >= 0.6 is 0 Å². The number of benzene rings is 2. The summed E-state index contributed by atoms with van der Waals surface area (Å²) in [6, 6.07) is 17.6. The van der Waals surface area contributed by atoms with E-state index in [1.165, 1.54) is 4.90 Å². The molecule has 4 unspecified atom stereocenters. The van der Waals surface area contributed by atoms with Gasteiger partial charge in [-0.2, -0.15) is 5.26 Å². The Morgan fingerprint density at radius 2 is 1.71 bits per heavy atom. The first-order valence-electron chi connectivity index (χ1n) is 12.3. The number of amides is 2. The molecule has 3 fully saturated rings. The molecule has 2 heterocycles. The molecule has 5 rings (SSSR count). The molecule has 0 bridgehead atoms. The summed E-state index contributed by atoms with van der Waals surface area (Å²) in [5, 5.41) is 23.1. The average Bonchev–Trinajstić information content (AvgIpc) is 3.35. The third kappa shape index (κ3) is 4.02. The number of hydrogen-bond donors (Lipinski definition) is 2. The van der Waals surface area contributed by atoms with Crippen molar-refractivity contribution in [1.82, 2.24) is 10.2 Å². The zero-order valence-corrected chi connectivity index (χ0v) is 19.5. The van der Waals surface area contributed by atoms with E-state index in [-0.39, 0.29) is 18.4 Å². The molecule has 2 aliphatic heterocycles. The number of carbonyl (C=O) groups is 3. The van der Waals surface area contributed by atoms with Gasteiger partial charge in [-0.05, 0) is 35.6 Å². The van der Waals surface area contributed by atoms with Crippen molar-refractivity contribution in [3.05, 3.63) is 71.3 Å². The maximum atomic E-state index is 13.8. The number of likely N-dealkylation sites (tertiary alicyclic amines) is 1. The zero-order chi connectivity index (χ0) is 24.6. The van der Waals surface area contributed by atoms with Gasteiger partial charge in [0, 0.05) is 6.04 Å². The number of nitriles is 1. The Morgan fingerprint density at radius 1 is 1.03 bits per heavy atom. The number of nitrogens with zero attached hydrogens (tertiary/aromatic N) is 2. The molecule has 2 aromatic rings. The predicted octanol–water partition coefficient (Wildman–Crippen LogP) is 3.80. The van der Waals surface area contributed by atoms with Crippen molar-refractivity contribution in [3.63, 3.8) is 0 Å². The largest absolute Gasteiger partial charge is 0.480 e. The summed E-state index contributed by atoms with van der Waals surface area (Å²) in [4.78, 5) is 41.7. The SMILES string of the molecule is N#Cc1ccc(C2NC(CC3CCCCC3)(C(=O)O)C3C(=O)N(Cc4ccccc4)C(=O)C23)cc1. The zero-order valence-electron chi connectivity index (χ0n) is 19.5. The Morgan fingerprint density at radius 3 is 2.34 bits per heavy atom. The average molecular weight is 472 g/mol. The smallest absolute Gasteiger partial charge is 0.324 e. The molecule has 0 spiro atoms. The maximum absolute atomic E-state index is 13.8. The van der Waals surface area contributed by atoms with Crippen molar-refractivity contribution in [3.8, 4) is 6.07 Å². The van der Waals surface area contributed by atoms with Gasteiger partial charge in [-0.3, -0.25) is 24.6 Å². The van der Waals surface area contributed by atoms with Gasteiger partial charge >= 0.3 is 5.97 Å². The van der Waals surface area contributed by atoms with Gasteiger partial charge in [0.05, 0.1) is 30.0 Å². The van der Waals surface area contributed by atoms with Crippen LogP contribution in [0.15, 0.2) is 54.6 Å². The lowest BCUT2D eigenvalue weighted by Crippen LogP contribution is -2.56. The Labute approximate surface area is 204 Å². The number of carboxylic acids is 1. The molecule has 2 N–H and O–H groups in total. The van der Waals surface area contributed by atoms with Crippen molar-refractivity contribution in [1.29, 1.82) is 5.26 Å². The lowest BCUT2D eigenvalue weighted by molar-refractivity contribution is -0.152. The van der Waals surface area contributed by atoms with E-state index < -0.39 is 35.3 Å². The molecule has 35 heavy (non-hydrogen) atoms. The minimum atomic E-state index is -1.51. The molecule has 1 aliphatic carbocycles. The van der Waals surface area contributed by atoms with Gasteiger partial charge in [-0.15, -0.1) is 0 Å². The molecule has 0 aromatic heterocycles. The molecular weight excluding hydrogens is 442 g/mol. The Hall–Kier alpha value is -3.50. The Balaban J connectivity index is 1.56. The molecule has 2 saturated heterocycles. The molecule has 0 radical (unpaired) electrons. The molecule has 7 nitrogen and oxygen atoms in total. The van der Waals surface area contributed by atoms with Gasteiger partial charge in [0.15, 0.2) is 0 Å². The van der Waals surface area contributed by atoms with Crippen LogP contribution < -0.4 is 5.32 Å². The number of nitrogens with one attached hydrogen (secondary N) is 1. The van der Waals surface area contributed by atoms with Gasteiger partial charge < -0.3 is 5.11 Å². The van der Waals surface area contributed by atoms with Crippen LogP contribution in [0.5, 0.6) is 0 Å². The van der Waals surface area contributed by atoms with Crippen LogP contribution in [0.25, 0.3) is 0 Å². The van der Waals surface area contributed by atoms with E-state index >= 15 is 0 Å². The lowest BCUT2D eigenvalue weighted by Gasteiger charge is -2.35. The van der Waals surface area contributed by atoms with Crippen LogP contribution in [-0.4, -0.2) is 33.3 Å². The highest BCUT2D eigenvalue weighted by Crippen LogP contribution is 2.52. The first kappa shape index (κ1) is 23.3. The van der Waals surface area contributed by atoms with E-state index in [2.05, 4.69) is 11.4 Å². The second kappa shape index (κ2) is 9.27. The number of carboxylic acid groups (broad SMARTS) is 1. The van der Waals surface area contributed by atoms with Gasteiger partial charge in [-0.25, -0.2) is 0 Å². The fourth-order valence-electron chi connectivity index (χ4n) is 6.35. The van der Waals surface area contributed by atoms with Gasteiger partial charge in [-0.1, -0.05) is 74.6 Å². The second-order valence-electron chi connectivity index (χ2n) is 10.1. The molecule has 4 atom stereocenters. The third-order valence-corrected chi connectivity index (χ3v) is 8.04. The summed E-state index contributed by atoms with van der Waals surface area (Å²) < 4.78 is 0. The first-order valence-corrected chi connectivity index (χ1v) is 12.3. The van der Waals surface area contributed by atoms with E-state index in [1.807, 2.05) is 30.3 Å². The molecule has 2 amide bonds. The number of aliphatic carboxylic acids is 1. The highest BCUT2D eigenvalue weighted by molar-refractivity contribution is 6.09. The van der Waals surface area contributed by atoms with Crippen molar-refractivity contribution in [2.45, 2.75) is 56.7 Å². The highest BCUT2D eigenvalue weighted by Gasteiger charge is 2.68. The molecule has 180 valence electrons. The van der Waals surface area contributed by atoms with Gasteiger partial charge in [0.2, 0.25) is 11.8 Å². The van der Waals surface area contributed by atoms with Crippen molar-refractivity contribution < 1.29 is 19.5 Å². The van der Waals surface area contributed by atoms with E-state index in [4.69, 9.17) is 0 Å². The van der Waals surface area contributed by atoms with Crippen LogP contribution in [0.1, 0.15) is 61.3 Å². The summed E-state index contributed by atoms with van der Waals surface area (Å²) in [7, 11) is 0. The molecule has 7 heteroatoms. The molecule has 1 saturated carbocycles. The maximum Gasteiger partial charge on any atom is 0.324 e. The first-order chi connectivity index (χ1) is 16.9. The Kier molecular flexibility index (Phi) is 6.16. The molecule has 2 aromatic carbocycles. The minimum absolute atomic E-state index is 0.130. The highest BCUT2D eigenvalue weighted by atomic mass is 16.4. The number of fused-ring (bicyclic) bond motifs is 1. The quantitative estimate of drug-likeness (QED) is 0.620. The Bertz CT molecular complexity index is 1170. The summed E-state index contributed by atoms with van der Waals surface area (Å²) in [6.45, 7) is 0.130. The predicted molar refractivity (Wildman–Crippen MR) is 128 cm³/mol. The summed E-state index contributed by atoms with van der Waals surface area (Å²) in [6.07, 6.45) is 5.46. The van der Waals surface area contributed by atoms with Gasteiger partial charge in [0.25, 0.3) is 0 Å². The third-order valence-electron chi connectivity index (χ3n) is 8.04. The van der Waals surface area contributed by atoms with Crippen LogP contribution in [0.4, 0.5) is 0 Å². The van der Waals surface area contributed by atoms with E-state index in [0.717, 1.165) is 37.7 Å². The number of rotatable bonds is 6. The monoisotopic (exact) mass is 471 g/mol. The number of hydrogen-bond acceptors (Lipinski definition) is 5.